The summed E-state index contributed by atoms with van der Waals surface area (Å²) in [5, 5.41) is 41.2. The summed E-state index contributed by atoms with van der Waals surface area (Å²) in [6.07, 6.45) is -2.00. The third-order valence-corrected chi connectivity index (χ3v) is 6.57. The van der Waals surface area contributed by atoms with Gasteiger partial charge in [-0.25, -0.2) is 0 Å². The Hall–Kier alpha value is -2.89. The van der Waals surface area contributed by atoms with E-state index in [4.69, 9.17) is 5.26 Å². The molecule has 8 heteroatoms. The first-order valence-electron chi connectivity index (χ1n) is 8.93. The highest BCUT2D eigenvalue weighted by Crippen LogP contribution is 2.53. The topological polar surface area (TPSA) is 153 Å². The maximum absolute atomic E-state index is 13.2. The fourth-order valence-corrected chi connectivity index (χ4v) is 5.16. The number of aliphatic hydroxyl groups is 2. The summed E-state index contributed by atoms with van der Waals surface area (Å²) in [5.74, 6) is -10.6. The number of nitrogens with zero attached hydrogens (tertiary/aromatic N) is 1. The van der Waals surface area contributed by atoms with Crippen LogP contribution in [0.4, 0.5) is 0 Å². The SMILES string of the molecule is C[C@H]1c2cccc(O)c2C(=O)C2C(=O)[C@]3(O)C(=O)C(C#N)C(=O)C[C@@H]3[C@@H](O)[C@@H]21. The zero-order chi connectivity index (χ0) is 20.5. The minimum atomic E-state index is -2.79. The van der Waals surface area contributed by atoms with Crippen LogP contribution < -0.4 is 0 Å². The van der Waals surface area contributed by atoms with Crippen molar-refractivity contribution in [2.75, 3.05) is 0 Å². The van der Waals surface area contributed by atoms with E-state index in [1.54, 1.807) is 13.0 Å². The maximum atomic E-state index is 13.2. The van der Waals surface area contributed by atoms with Crippen LogP contribution >= 0.6 is 0 Å². The van der Waals surface area contributed by atoms with Crippen molar-refractivity contribution in [1.82, 2.24) is 0 Å². The highest BCUT2D eigenvalue weighted by Gasteiger charge is 2.69. The number of benzene rings is 1. The van der Waals surface area contributed by atoms with Crippen molar-refractivity contribution in [2.24, 2.45) is 23.7 Å². The van der Waals surface area contributed by atoms with Crippen molar-refractivity contribution in [2.45, 2.75) is 31.0 Å². The summed E-state index contributed by atoms with van der Waals surface area (Å²) in [6, 6.07) is 5.93. The molecule has 28 heavy (non-hydrogen) atoms. The number of Topliss-reactive ketones (excluding diaryl/α,β-unsaturated/α-hetero) is 4. The van der Waals surface area contributed by atoms with E-state index in [0.29, 0.717) is 5.56 Å². The van der Waals surface area contributed by atoms with Gasteiger partial charge in [-0.3, -0.25) is 19.2 Å². The molecule has 3 aliphatic carbocycles. The van der Waals surface area contributed by atoms with Gasteiger partial charge in [0.05, 0.1) is 23.7 Å². The zero-order valence-electron chi connectivity index (χ0n) is 14.8. The van der Waals surface area contributed by atoms with Crippen molar-refractivity contribution in [3.63, 3.8) is 0 Å². The maximum Gasteiger partial charge on any atom is 0.196 e. The van der Waals surface area contributed by atoms with E-state index in [9.17, 15) is 34.5 Å². The predicted octanol–water partition coefficient (Wildman–Crippen LogP) is -0.103. The first kappa shape index (κ1) is 18.5. The number of ketones is 4. The normalized spacial score (nSPS) is 39.6. The van der Waals surface area contributed by atoms with Gasteiger partial charge in [-0.1, -0.05) is 19.1 Å². The Morgan fingerprint density at radius 2 is 1.86 bits per heavy atom. The number of hydrogen-bond acceptors (Lipinski definition) is 8. The van der Waals surface area contributed by atoms with Gasteiger partial charge < -0.3 is 15.3 Å². The lowest BCUT2D eigenvalue weighted by atomic mass is 9.51. The smallest absolute Gasteiger partial charge is 0.196 e. The number of rotatable bonds is 0. The standard InChI is InChI=1S/C20H17NO7/c1-7-8-3-2-4-11(22)14(8)17(25)15-13(7)16(24)10-5-12(23)9(6-21)18(26)20(10,28)19(15)27/h2-4,7,9-10,13,15-16,22,24,28H,5H2,1H3/t7-,9?,10+,13+,15?,16+,20+/m0/s1. The average Bonchev–Trinajstić information content (AvgIpc) is 2.65. The second kappa shape index (κ2) is 5.80. The van der Waals surface area contributed by atoms with Crippen molar-refractivity contribution in [3.05, 3.63) is 29.3 Å². The Kier molecular flexibility index (Phi) is 3.83. The minimum Gasteiger partial charge on any atom is -0.507 e. The molecule has 0 radical (unpaired) electrons. The van der Waals surface area contributed by atoms with Gasteiger partial charge in [0.15, 0.2) is 34.7 Å². The van der Waals surface area contributed by atoms with Gasteiger partial charge >= 0.3 is 0 Å². The van der Waals surface area contributed by atoms with E-state index < -0.39 is 70.8 Å². The summed E-state index contributed by atoms with van der Waals surface area (Å²) in [7, 11) is 0. The van der Waals surface area contributed by atoms with Crippen LogP contribution in [0.2, 0.25) is 0 Å². The fraction of sp³-hybridized carbons (Fsp3) is 0.450. The molecule has 0 saturated heterocycles. The summed E-state index contributed by atoms with van der Waals surface area (Å²) in [4.78, 5) is 51.1. The molecule has 3 N–H and O–H groups in total. The molecule has 8 nitrogen and oxygen atoms in total. The number of carbonyl (C=O) groups excluding carboxylic acids is 4. The molecule has 0 bridgehead atoms. The third-order valence-electron chi connectivity index (χ3n) is 6.57. The Labute approximate surface area is 159 Å². The lowest BCUT2D eigenvalue weighted by Gasteiger charge is -2.52. The molecule has 2 saturated carbocycles. The largest absolute Gasteiger partial charge is 0.507 e. The number of phenols is 1. The van der Waals surface area contributed by atoms with Gasteiger partial charge in [-0.05, 0) is 17.5 Å². The molecule has 0 aromatic heterocycles. The van der Waals surface area contributed by atoms with Crippen LogP contribution in [0.25, 0.3) is 0 Å². The first-order chi connectivity index (χ1) is 13.2. The summed E-state index contributed by atoms with van der Waals surface area (Å²) in [5.41, 5.74) is -2.41. The molecule has 1 aromatic rings. The highest BCUT2D eigenvalue weighted by molar-refractivity contribution is 6.27. The van der Waals surface area contributed by atoms with Crippen LogP contribution in [0.1, 0.15) is 35.2 Å². The number of aliphatic hydroxyl groups excluding tert-OH is 1. The number of aromatic hydroxyl groups is 1. The minimum absolute atomic E-state index is 0.0741. The monoisotopic (exact) mass is 383 g/mol. The molecule has 1 aromatic carbocycles. The van der Waals surface area contributed by atoms with Crippen LogP contribution in [-0.4, -0.2) is 50.2 Å². The molecular formula is C20H17NO7. The lowest BCUT2D eigenvalue weighted by Crippen LogP contribution is -2.71. The van der Waals surface area contributed by atoms with Gasteiger partial charge in [0.2, 0.25) is 0 Å². The van der Waals surface area contributed by atoms with Crippen LogP contribution in [0.15, 0.2) is 18.2 Å². The van der Waals surface area contributed by atoms with E-state index in [1.165, 1.54) is 18.2 Å². The van der Waals surface area contributed by atoms with Gasteiger partial charge in [0, 0.05) is 18.3 Å². The lowest BCUT2D eigenvalue weighted by molar-refractivity contribution is -0.187. The number of phenolic OH excluding ortho intramolecular Hbond substituents is 1. The second-order valence-corrected chi connectivity index (χ2v) is 7.77. The van der Waals surface area contributed by atoms with Crippen LogP contribution in [0.5, 0.6) is 5.75 Å². The number of hydrogen-bond donors (Lipinski definition) is 3. The van der Waals surface area contributed by atoms with Crippen molar-refractivity contribution < 1.29 is 34.5 Å². The number of nitriles is 1. The Bertz CT molecular complexity index is 993. The van der Waals surface area contributed by atoms with Crippen LogP contribution in [0.3, 0.4) is 0 Å². The van der Waals surface area contributed by atoms with E-state index in [0.717, 1.165) is 0 Å². The molecular weight excluding hydrogens is 366 g/mol. The molecule has 0 aliphatic heterocycles. The average molecular weight is 383 g/mol. The Balaban J connectivity index is 1.91. The van der Waals surface area contributed by atoms with Crippen LogP contribution in [0, 0.1) is 35.0 Å². The predicted molar refractivity (Wildman–Crippen MR) is 91.0 cm³/mol. The van der Waals surface area contributed by atoms with E-state index >= 15 is 0 Å². The summed E-state index contributed by atoms with van der Waals surface area (Å²) < 4.78 is 0. The van der Waals surface area contributed by atoms with E-state index in [1.807, 2.05) is 0 Å². The van der Waals surface area contributed by atoms with E-state index in [-0.39, 0.29) is 11.3 Å². The highest BCUT2D eigenvalue weighted by atomic mass is 16.3. The van der Waals surface area contributed by atoms with Crippen molar-refractivity contribution >= 4 is 23.1 Å². The van der Waals surface area contributed by atoms with Gasteiger partial charge in [-0.2, -0.15) is 5.26 Å². The van der Waals surface area contributed by atoms with Crippen molar-refractivity contribution in [3.8, 4) is 11.8 Å². The van der Waals surface area contributed by atoms with Crippen molar-refractivity contribution in [1.29, 1.82) is 5.26 Å². The molecule has 144 valence electrons. The Morgan fingerprint density at radius 3 is 2.50 bits per heavy atom. The molecule has 2 fully saturated rings. The summed E-state index contributed by atoms with van der Waals surface area (Å²) in [6.45, 7) is 1.67. The molecule has 2 unspecified atom stereocenters. The van der Waals surface area contributed by atoms with Crippen LogP contribution in [-0.2, 0) is 14.4 Å². The van der Waals surface area contributed by atoms with Gasteiger partial charge in [0.1, 0.15) is 5.75 Å². The van der Waals surface area contributed by atoms with Gasteiger partial charge in [-0.15, -0.1) is 0 Å². The number of carbonyl (C=O) groups is 4. The summed E-state index contributed by atoms with van der Waals surface area (Å²) >= 11 is 0. The first-order valence-corrected chi connectivity index (χ1v) is 8.93. The van der Waals surface area contributed by atoms with Gasteiger partial charge in [0.25, 0.3) is 0 Å². The molecule has 0 heterocycles. The molecule has 0 spiro atoms. The molecule has 3 aliphatic rings. The number of fused-ring (bicyclic) bond motifs is 3. The zero-order valence-corrected chi connectivity index (χ0v) is 14.8. The molecule has 7 atom stereocenters. The Morgan fingerprint density at radius 1 is 1.18 bits per heavy atom. The quantitative estimate of drug-likeness (QED) is 0.525. The molecule has 0 amide bonds. The second-order valence-electron chi connectivity index (χ2n) is 7.77. The van der Waals surface area contributed by atoms with E-state index in [2.05, 4.69) is 0 Å². The third kappa shape index (κ3) is 2.00. The molecule has 4 rings (SSSR count). The fourth-order valence-electron chi connectivity index (χ4n) is 5.16.